The lowest BCUT2D eigenvalue weighted by atomic mass is 9.59. The van der Waals surface area contributed by atoms with Gasteiger partial charge in [-0.15, -0.1) is 0 Å². The highest BCUT2D eigenvalue weighted by Crippen LogP contribution is 2.56. The number of phenolic OH excluding ortho intramolecular Hbond substituents is 1. The van der Waals surface area contributed by atoms with E-state index in [0.717, 1.165) is 5.57 Å². The van der Waals surface area contributed by atoms with E-state index in [1.54, 1.807) is 19.1 Å². The van der Waals surface area contributed by atoms with Crippen molar-refractivity contribution in [3.8, 4) is 5.75 Å². The maximum atomic E-state index is 13.1. The van der Waals surface area contributed by atoms with Crippen LogP contribution in [-0.4, -0.2) is 40.4 Å². The number of hydrogen-bond donors (Lipinski definition) is 1. The van der Waals surface area contributed by atoms with Crippen molar-refractivity contribution < 1.29 is 24.3 Å². The Bertz CT molecular complexity index is 1190. The van der Waals surface area contributed by atoms with Crippen LogP contribution in [0.4, 0.5) is 0 Å². The number of fused-ring (bicyclic) bond motifs is 3. The highest BCUT2D eigenvalue weighted by atomic mass is 35.5. The molecule has 7 heteroatoms. The molecule has 1 saturated heterocycles. The minimum atomic E-state index is -0.692. The van der Waals surface area contributed by atoms with E-state index in [1.165, 1.54) is 24.1 Å². The zero-order valence-corrected chi connectivity index (χ0v) is 17.8. The molecule has 4 unspecified atom stereocenters. The van der Waals surface area contributed by atoms with Gasteiger partial charge in [-0.05, 0) is 50.0 Å². The van der Waals surface area contributed by atoms with Gasteiger partial charge in [0, 0.05) is 40.3 Å². The molecule has 5 rings (SSSR count). The number of amides is 2. The van der Waals surface area contributed by atoms with Crippen LogP contribution in [0.25, 0.3) is 0 Å². The molecule has 1 heterocycles. The molecule has 0 radical (unpaired) electrons. The van der Waals surface area contributed by atoms with Gasteiger partial charge in [0.05, 0.1) is 11.8 Å². The van der Waals surface area contributed by atoms with Crippen LogP contribution < -0.4 is 0 Å². The van der Waals surface area contributed by atoms with Crippen molar-refractivity contribution in [2.75, 3.05) is 7.05 Å². The molecule has 1 fully saturated rings. The summed E-state index contributed by atoms with van der Waals surface area (Å²) >= 11 is 6.21. The van der Waals surface area contributed by atoms with Crippen LogP contribution in [0.3, 0.4) is 0 Å². The fourth-order valence-electron chi connectivity index (χ4n) is 5.65. The monoisotopic (exact) mass is 437 g/mol. The molecule has 1 aliphatic heterocycles. The van der Waals surface area contributed by atoms with E-state index in [-0.39, 0.29) is 35.6 Å². The lowest BCUT2D eigenvalue weighted by molar-refractivity contribution is -0.138. The van der Waals surface area contributed by atoms with Crippen molar-refractivity contribution in [1.29, 1.82) is 0 Å². The van der Waals surface area contributed by atoms with Gasteiger partial charge in [0.2, 0.25) is 11.8 Å². The van der Waals surface area contributed by atoms with Crippen LogP contribution in [-0.2, 0) is 19.2 Å². The Morgan fingerprint density at radius 3 is 2.58 bits per heavy atom. The average molecular weight is 438 g/mol. The van der Waals surface area contributed by atoms with Gasteiger partial charge in [-0.1, -0.05) is 23.3 Å². The highest BCUT2D eigenvalue weighted by Gasteiger charge is 2.55. The number of benzene rings is 1. The van der Waals surface area contributed by atoms with Gasteiger partial charge in [-0.25, -0.2) is 0 Å². The zero-order valence-electron chi connectivity index (χ0n) is 17.0. The van der Waals surface area contributed by atoms with Crippen molar-refractivity contribution >= 4 is 35.0 Å². The quantitative estimate of drug-likeness (QED) is 0.414. The SMILES string of the molecule is CC1=CC(=O)C2=C(CC3C(=CCC4C(=O)N(C)C(=O)C43)C2c2cc(Cl)ccc2O)C1=O. The molecule has 2 amide bonds. The number of halogens is 1. The second-order valence-corrected chi connectivity index (χ2v) is 9.10. The maximum absolute atomic E-state index is 13.1. The van der Waals surface area contributed by atoms with Gasteiger partial charge in [0.25, 0.3) is 0 Å². The summed E-state index contributed by atoms with van der Waals surface area (Å²) in [6.07, 6.45) is 3.85. The fraction of sp³-hybridized carbons (Fsp3) is 0.333. The Balaban J connectivity index is 1.75. The molecule has 3 aliphatic carbocycles. The van der Waals surface area contributed by atoms with Crippen LogP contribution in [0.2, 0.25) is 5.02 Å². The van der Waals surface area contributed by atoms with E-state index in [9.17, 15) is 24.3 Å². The van der Waals surface area contributed by atoms with E-state index < -0.39 is 23.7 Å². The number of hydrogen-bond acceptors (Lipinski definition) is 5. The summed E-state index contributed by atoms with van der Waals surface area (Å²) in [5.74, 6) is -3.15. The van der Waals surface area contributed by atoms with E-state index in [4.69, 9.17) is 11.6 Å². The number of allylic oxidation sites excluding steroid dienone is 6. The molecular formula is C24H20ClNO5. The van der Waals surface area contributed by atoms with Gasteiger partial charge in [-0.3, -0.25) is 24.1 Å². The molecule has 0 saturated carbocycles. The molecule has 1 aromatic carbocycles. The van der Waals surface area contributed by atoms with Crippen molar-refractivity contribution in [3.63, 3.8) is 0 Å². The van der Waals surface area contributed by atoms with Gasteiger partial charge in [0.1, 0.15) is 5.75 Å². The van der Waals surface area contributed by atoms with Gasteiger partial charge < -0.3 is 5.11 Å². The summed E-state index contributed by atoms with van der Waals surface area (Å²) in [5.41, 5.74) is 2.27. The first kappa shape index (κ1) is 19.9. The van der Waals surface area contributed by atoms with Gasteiger partial charge >= 0.3 is 0 Å². The largest absolute Gasteiger partial charge is 0.508 e. The van der Waals surface area contributed by atoms with Crippen molar-refractivity contribution in [1.82, 2.24) is 4.90 Å². The summed E-state index contributed by atoms with van der Waals surface area (Å²) in [6.45, 7) is 1.60. The minimum absolute atomic E-state index is 0.0395. The third-order valence-corrected chi connectivity index (χ3v) is 7.32. The molecule has 0 bridgehead atoms. The van der Waals surface area contributed by atoms with E-state index in [2.05, 4.69) is 0 Å². The summed E-state index contributed by atoms with van der Waals surface area (Å²) in [4.78, 5) is 52.9. The Morgan fingerprint density at radius 2 is 1.84 bits per heavy atom. The first-order chi connectivity index (χ1) is 14.7. The summed E-state index contributed by atoms with van der Waals surface area (Å²) in [6, 6.07) is 4.60. The number of phenols is 1. The van der Waals surface area contributed by atoms with Crippen molar-refractivity contribution in [2.45, 2.75) is 25.7 Å². The fourth-order valence-corrected chi connectivity index (χ4v) is 5.83. The first-order valence-corrected chi connectivity index (χ1v) is 10.6. The van der Waals surface area contributed by atoms with Gasteiger partial charge in [0.15, 0.2) is 11.6 Å². The Morgan fingerprint density at radius 1 is 1.10 bits per heavy atom. The third kappa shape index (κ3) is 2.71. The van der Waals surface area contributed by atoms with E-state index in [1.807, 2.05) is 6.08 Å². The number of Topliss-reactive ketones (excluding diaryl/α,β-unsaturated/α-hetero) is 1. The van der Waals surface area contributed by atoms with E-state index >= 15 is 0 Å². The number of ketones is 2. The van der Waals surface area contributed by atoms with Crippen LogP contribution >= 0.6 is 11.6 Å². The molecule has 158 valence electrons. The number of imide groups is 1. The molecule has 1 aromatic rings. The van der Waals surface area contributed by atoms with Crippen molar-refractivity contribution in [3.05, 3.63) is 63.2 Å². The van der Waals surface area contributed by atoms with Crippen LogP contribution in [0, 0.1) is 17.8 Å². The lowest BCUT2D eigenvalue weighted by Crippen LogP contribution is -2.39. The topological polar surface area (TPSA) is 91.8 Å². The summed E-state index contributed by atoms with van der Waals surface area (Å²) < 4.78 is 0. The number of carbonyl (C=O) groups is 4. The molecular weight excluding hydrogens is 418 g/mol. The predicted octanol–water partition coefficient (Wildman–Crippen LogP) is 3.10. The summed E-state index contributed by atoms with van der Waals surface area (Å²) in [7, 11) is 1.48. The molecule has 4 aliphatic rings. The predicted molar refractivity (Wildman–Crippen MR) is 112 cm³/mol. The van der Waals surface area contributed by atoms with Crippen molar-refractivity contribution in [2.24, 2.45) is 17.8 Å². The Labute approximate surface area is 183 Å². The van der Waals surface area contributed by atoms with E-state index in [0.29, 0.717) is 33.7 Å². The zero-order chi connectivity index (χ0) is 22.2. The average Bonchev–Trinajstić information content (AvgIpc) is 2.96. The number of likely N-dealkylation sites (tertiary alicyclic amines) is 1. The standard InChI is InChI=1S/C24H20ClNO5/c1-10-7-18(28)21-16(22(10)29)9-14-12(19(21)15-8-11(25)3-6-17(15)27)4-5-13-20(14)24(31)26(2)23(13)30/h3-4,6-8,13-14,19-20,27H,5,9H2,1-2H3. The normalized spacial score (nSPS) is 30.1. The lowest BCUT2D eigenvalue weighted by Gasteiger charge is -2.42. The second kappa shape index (κ2) is 6.76. The van der Waals surface area contributed by atoms with Gasteiger partial charge in [-0.2, -0.15) is 0 Å². The van der Waals surface area contributed by atoms with Crippen LogP contribution in [0.1, 0.15) is 31.2 Å². The first-order valence-electron chi connectivity index (χ1n) is 10.2. The third-order valence-electron chi connectivity index (χ3n) is 7.08. The summed E-state index contributed by atoms with van der Waals surface area (Å²) in [5, 5.41) is 11.0. The van der Waals surface area contributed by atoms with Crippen LogP contribution in [0.5, 0.6) is 5.75 Å². The maximum Gasteiger partial charge on any atom is 0.233 e. The number of rotatable bonds is 1. The highest BCUT2D eigenvalue weighted by molar-refractivity contribution is 6.30. The molecule has 0 aromatic heterocycles. The van der Waals surface area contributed by atoms with Crippen LogP contribution in [0.15, 0.2) is 52.6 Å². The minimum Gasteiger partial charge on any atom is -0.508 e. The molecule has 6 nitrogen and oxygen atoms in total. The Hall–Kier alpha value is -2.99. The molecule has 31 heavy (non-hydrogen) atoms. The number of carbonyl (C=O) groups excluding carboxylic acids is 4. The second-order valence-electron chi connectivity index (χ2n) is 8.67. The number of aromatic hydroxyl groups is 1. The molecule has 4 atom stereocenters. The molecule has 1 N–H and O–H groups in total. The number of nitrogens with zero attached hydrogens (tertiary/aromatic N) is 1. The smallest absolute Gasteiger partial charge is 0.233 e. The Kier molecular flexibility index (Phi) is 4.35. The molecule has 0 spiro atoms.